The third kappa shape index (κ3) is 1.86. The third-order valence-corrected chi connectivity index (χ3v) is 5.16. The normalized spacial score (nSPS) is 31.5. The average molecular weight is 266 g/mol. The SMILES string of the molecule is COC(=O)[C@@]12CCC[C@H]1CN(Cc1cncs1)C2. The first-order valence-electron chi connectivity index (χ1n) is 6.43. The van der Waals surface area contributed by atoms with Crippen molar-refractivity contribution in [2.24, 2.45) is 11.3 Å². The van der Waals surface area contributed by atoms with Crippen molar-refractivity contribution in [1.29, 1.82) is 0 Å². The van der Waals surface area contributed by atoms with Crippen LogP contribution < -0.4 is 0 Å². The number of likely N-dealkylation sites (tertiary alicyclic amines) is 1. The number of rotatable bonds is 3. The van der Waals surface area contributed by atoms with Gasteiger partial charge >= 0.3 is 5.97 Å². The topological polar surface area (TPSA) is 42.4 Å². The van der Waals surface area contributed by atoms with Crippen LogP contribution in [0, 0.1) is 11.3 Å². The quantitative estimate of drug-likeness (QED) is 0.784. The molecule has 1 aliphatic carbocycles. The molecular formula is C13H18N2O2S. The molecule has 5 heteroatoms. The Labute approximate surface area is 111 Å². The molecule has 98 valence electrons. The van der Waals surface area contributed by atoms with Gasteiger partial charge in [0.15, 0.2) is 0 Å². The summed E-state index contributed by atoms with van der Waals surface area (Å²) in [4.78, 5) is 19.9. The predicted octanol–water partition coefficient (Wildman–Crippen LogP) is 1.92. The van der Waals surface area contributed by atoms with Crippen molar-refractivity contribution in [3.63, 3.8) is 0 Å². The molecule has 2 fully saturated rings. The minimum Gasteiger partial charge on any atom is -0.469 e. The Balaban J connectivity index is 1.74. The first kappa shape index (κ1) is 12.1. The van der Waals surface area contributed by atoms with Crippen molar-refractivity contribution < 1.29 is 9.53 Å². The van der Waals surface area contributed by atoms with Crippen LogP contribution in [0.25, 0.3) is 0 Å². The average Bonchev–Trinajstić information content (AvgIpc) is 3.03. The zero-order chi connectivity index (χ0) is 12.6. The molecule has 0 amide bonds. The van der Waals surface area contributed by atoms with Gasteiger partial charge in [-0.1, -0.05) is 6.42 Å². The van der Waals surface area contributed by atoms with Gasteiger partial charge in [-0.05, 0) is 18.8 Å². The fourth-order valence-electron chi connectivity index (χ4n) is 3.59. The number of aromatic nitrogens is 1. The van der Waals surface area contributed by atoms with E-state index in [2.05, 4.69) is 9.88 Å². The number of hydrogen-bond acceptors (Lipinski definition) is 5. The molecule has 1 aliphatic heterocycles. The Kier molecular flexibility index (Phi) is 3.11. The van der Waals surface area contributed by atoms with Crippen molar-refractivity contribution in [2.45, 2.75) is 25.8 Å². The van der Waals surface area contributed by atoms with Crippen LogP contribution in [-0.4, -0.2) is 36.1 Å². The van der Waals surface area contributed by atoms with Gasteiger partial charge in [0, 0.05) is 30.7 Å². The van der Waals surface area contributed by atoms with Gasteiger partial charge in [0.25, 0.3) is 0 Å². The second-order valence-electron chi connectivity index (χ2n) is 5.37. The Morgan fingerprint density at radius 1 is 1.72 bits per heavy atom. The Hall–Kier alpha value is -0.940. The molecule has 0 spiro atoms. The van der Waals surface area contributed by atoms with Crippen LogP contribution >= 0.6 is 11.3 Å². The number of methoxy groups -OCH3 is 1. The molecule has 0 bridgehead atoms. The van der Waals surface area contributed by atoms with E-state index in [0.717, 1.165) is 38.9 Å². The largest absolute Gasteiger partial charge is 0.469 e. The molecule has 2 atom stereocenters. The van der Waals surface area contributed by atoms with E-state index in [9.17, 15) is 4.79 Å². The minimum absolute atomic E-state index is 0.00296. The van der Waals surface area contributed by atoms with Crippen molar-refractivity contribution in [2.75, 3.05) is 20.2 Å². The number of ether oxygens (including phenoxy) is 1. The summed E-state index contributed by atoms with van der Waals surface area (Å²) in [6, 6.07) is 0. The smallest absolute Gasteiger partial charge is 0.313 e. The molecule has 0 radical (unpaired) electrons. The van der Waals surface area contributed by atoms with Crippen molar-refractivity contribution in [3.8, 4) is 0 Å². The minimum atomic E-state index is -0.223. The highest BCUT2D eigenvalue weighted by Gasteiger charge is 2.55. The monoisotopic (exact) mass is 266 g/mol. The van der Waals surface area contributed by atoms with Gasteiger partial charge in [-0.25, -0.2) is 0 Å². The van der Waals surface area contributed by atoms with E-state index in [1.54, 1.807) is 11.3 Å². The van der Waals surface area contributed by atoms with Crippen molar-refractivity contribution >= 4 is 17.3 Å². The van der Waals surface area contributed by atoms with Gasteiger partial charge in [-0.15, -0.1) is 11.3 Å². The molecule has 1 saturated heterocycles. The summed E-state index contributed by atoms with van der Waals surface area (Å²) in [5, 5.41) is 0. The number of esters is 1. The van der Waals surface area contributed by atoms with Crippen LogP contribution in [0.5, 0.6) is 0 Å². The van der Waals surface area contributed by atoms with Gasteiger partial charge < -0.3 is 4.74 Å². The summed E-state index contributed by atoms with van der Waals surface area (Å²) in [5.74, 6) is 0.481. The molecular weight excluding hydrogens is 248 g/mol. The van der Waals surface area contributed by atoms with Crippen molar-refractivity contribution in [1.82, 2.24) is 9.88 Å². The second kappa shape index (κ2) is 4.63. The van der Waals surface area contributed by atoms with Crippen LogP contribution in [0.2, 0.25) is 0 Å². The molecule has 3 rings (SSSR count). The fourth-order valence-corrected chi connectivity index (χ4v) is 4.23. The summed E-state index contributed by atoms with van der Waals surface area (Å²) >= 11 is 1.68. The van der Waals surface area contributed by atoms with Crippen LogP contribution in [0.15, 0.2) is 11.7 Å². The summed E-state index contributed by atoms with van der Waals surface area (Å²) in [6.07, 6.45) is 5.23. The summed E-state index contributed by atoms with van der Waals surface area (Å²) < 4.78 is 5.05. The molecule has 4 nitrogen and oxygen atoms in total. The zero-order valence-corrected chi connectivity index (χ0v) is 11.4. The second-order valence-corrected chi connectivity index (χ2v) is 6.35. The maximum absolute atomic E-state index is 12.1. The number of hydrogen-bond donors (Lipinski definition) is 0. The first-order chi connectivity index (χ1) is 8.74. The maximum atomic E-state index is 12.1. The maximum Gasteiger partial charge on any atom is 0.313 e. The van der Waals surface area contributed by atoms with Crippen LogP contribution in [0.4, 0.5) is 0 Å². The molecule has 0 unspecified atom stereocenters. The Morgan fingerprint density at radius 3 is 3.33 bits per heavy atom. The molecule has 1 aromatic heterocycles. The van der Waals surface area contributed by atoms with E-state index in [1.165, 1.54) is 12.0 Å². The zero-order valence-electron chi connectivity index (χ0n) is 10.6. The number of thiazole rings is 1. The van der Waals surface area contributed by atoms with Gasteiger partial charge in [0.2, 0.25) is 0 Å². The highest BCUT2D eigenvalue weighted by molar-refractivity contribution is 7.09. The number of carbonyl (C=O) groups excluding carboxylic acids is 1. The molecule has 2 heterocycles. The molecule has 2 aliphatic rings. The van der Waals surface area contributed by atoms with E-state index >= 15 is 0 Å². The highest BCUT2D eigenvalue weighted by Crippen LogP contribution is 2.49. The van der Waals surface area contributed by atoms with Crippen LogP contribution in [0.1, 0.15) is 24.1 Å². The summed E-state index contributed by atoms with van der Waals surface area (Å²) in [7, 11) is 1.51. The number of fused-ring (bicyclic) bond motifs is 1. The van der Waals surface area contributed by atoms with E-state index < -0.39 is 0 Å². The lowest BCUT2D eigenvalue weighted by Gasteiger charge is -2.25. The Morgan fingerprint density at radius 2 is 2.61 bits per heavy atom. The lowest BCUT2D eigenvalue weighted by atomic mass is 9.81. The molecule has 1 saturated carbocycles. The third-order valence-electron chi connectivity index (χ3n) is 4.40. The van der Waals surface area contributed by atoms with Gasteiger partial charge in [0.05, 0.1) is 18.0 Å². The van der Waals surface area contributed by atoms with Crippen LogP contribution in [0.3, 0.4) is 0 Å². The van der Waals surface area contributed by atoms with Gasteiger partial charge in [0.1, 0.15) is 0 Å². The number of carbonyl (C=O) groups is 1. The molecule has 1 aromatic rings. The van der Waals surface area contributed by atoms with Crippen LogP contribution in [-0.2, 0) is 16.1 Å². The first-order valence-corrected chi connectivity index (χ1v) is 7.31. The van der Waals surface area contributed by atoms with Crippen molar-refractivity contribution in [3.05, 3.63) is 16.6 Å². The van der Waals surface area contributed by atoms with Gasteiger partial charge in [-0.3, -0.25) is 14.7 Å². The highest BCUT2D eigenvalue weighted by atomic mass is 32.1. The van der Waals surface area contributed by atoms with Gasteiger partial charge in [-0.2, -0.15) is 0 Å². The lowest BCUT2D eigenvalue weighted by Crippen LogP contribution is -2.36. The standard InChI is InChI=1S/C13H18N2O2S/c1-17-12(16)13-4-2-3-10(13)6-15(8-13)7-11-5-14-9-18-11/h5,9-10H,2-4,6-8H2,1H3/t10-,13+/m0/s1. The molecule has 18 heavy (non-hydrogen) atoms. The molecule has 0 aromatic carbocycles. The van der Waals surface area contributed by atoms with E-state index in [1.807, 2.05) is 11.7 Å². The number of nitrogens with zero attached hydrogens (tertiary/aromatic N) is 2. The van der Waals surface area contributed by atoms with E-state index in [0.29, 0.717) is 5.92 Å². The lowest BCUT2D eigenvalue weighted by molar-refractivity contribution is -0.153. The predicted molar refractivity (Wildman–Crippen MR) is 69.2 cm³/mol. The summed E-state index contributed by atoms with van der Waals surface area (Å²) in [5.41, 5.74) is 1.64. The van der Waals surface area contributed by atoms with E-state index in [-0.39, 0.29) is 11.4 Å². The Bertz CT molecular complexity index is 434. The van der Waals surface area contributed by atoms with E-state index in [4.69, 9.17) is 4.74 Å². The summed E-state index contributed by atoms with van der Waals surface area (Å²) in [6.45, 7) is 2.79. The molecule has 0 N–H and O–H groups in total. The fraction of sp³-hybridized carbons (Fsp3) is 0.692.